The van der Waals surface area contributed by atoms with Crippen LogP contribution in [0.2, 0.25) is 0 Å². The third kappa shape index (κ3) is 5.69. The predicted molar refractivity (Wildman–Crippen MR) is 107 cm³/mol. The van der Waals surface area contributed by atoms with Crippen molar-refractivity contribution in [3.05, 3.63) is 101 Å². The maximum atomic E-state index is 12.8. The van der Waals surface area contributed by atoms with Crippen molar-refractivity contribution in [3.63, 3.8) is 0 Å². The van der Waals surface area contributed by atoms with Crippen LogP contribution in [0.5, 0.6) is 0 Å². The molecule has 0 aliphatic carbocycles. The lowest BCUT2D eigenvalue weighted by Crippen LogP contribution is -2.41. The summed E-state index contributed by atoms with van der Waals surface area (Å²) >= 11 is 0. The molecule has 6 nitrogen and oxygen atoms in total. The number of rotatable bonds is 4. The lowest BCUT2D eigenvalue weighted by molar-refractivity contribution is -0.137. The number of nitrogens with one attached hydrogen (secondary N) is 3. The van der Waals surface area contributed by atoms with Crippen molar-refractivity contribution >= 4 is 23.4 Å². The molecule has 0 unspecified atom stereocenters. The van der Waals surface area contributed by atoms with Crippen molar-refractivity contribution in [1.82, 2.24) is 10.9 Å². The molecule has 3 amide bonds. The summed E-state index contributed by atoms with van der Waals surface area (Å²) in [5, 5.41) is 2.65. The van der Waals surface area contributed by atoms with Crippen LogP contribution in [-0.2, 0) is 6.18 Å². The molecule has 158 valence electrons. The van der Waals surface area contributed by atoms with Crippen LogP contribution < -0.4 is 16.2 Å². The van der Waals surface area contributed by atoms with E-state index in [1.807, 2.05) is 0 Å². The second-order valence-electron chi connectivity index (χ2n) is 6.39. The summed E-state index contributed by atoms with van der Waals surface area (Å²) in [6, 6.07) is 18.2. The average Bonchev–Trinajstić information content (AvgIpc) is 2.77. The monoisotopic (exact) mass is 427 g/mol. The third-order valence-corrected chi connectivity index (χ3v) is 4.16. The molecule has 3 N–H and O–H groups in total. The second kappa shape index (κ2) is 9.12. The van der Waals surface area contributed by atoms with Crippen LogP contribution in [0.4, 0.5) is 18.9 Å². The molecule has 0 heterocycles. The first kappa shape index (κ1) is 21.6. The molecule has 0 spiro atoms. The lowest BCUT2D eigenvalue weighted by atomic mass is 10.1. The molecule has 0 aliphatic heterocycles. The van der Waals surface area contributed by atoms with E-state index in [9.17, 15) is 27.6 Å². The van der Waals surface area contributed by atoms with Crippen molar-refractivity contribution in [2.45, 2.75) is 6.18 Å². The number of halogens is 3. The van der Waals surface area contributed by atoms with E-state index < -0.39 is 23.6 Å². The van der Waals surface area contributed by atoms with Crippen molar-refractivity contribution in [2.24, 2.45) is 0 Å². The normalized spacial score (nSPS) is 10.8. The Kier molecular flexibility index (Phi) is 6.35. The Labute approximate surface area is 175 Å². The molecule has 0 saturated carbocycles. The zero-order valence-corrected chi connectivity index (χ0v) is 15.9. The summed E-state index contributed by atoms with van der Waals surface area (Å²) in [4.78, 5) is 36.6. The van der Waals surface area contributed by atoms with Gasteiger partial charge in [-0.25, -0.2) is 0 Å². The Morgan fingerprint density at radius 3 is 1.77 bits per heavy atom. The smallest absolute Gasteiger partial charge is 0.322 e. The van der Waals surface area contributed by atoms with Crippen LogP contribution in [0.1, 0.15) is 36.6 Å². The first-order valence-electron chi connectivity index (χ1n) is 8.98. The second-order valence-corrected chi connectivity index (χ2v) is 6.39. The van der Waals surface area contributed by atoms with E-state index >= 15 is 0 Å². The van der Waals surface area contributed by atoms with Crippen molar-refractivity contribution < 1.29 is 27.6 Å². The fourth-order valence-corrected chi connectivity index (χ4v) is 2.63. The first-order chi connectivity index (χ1) is 14.7. The molecule has 9 heteroatoms. The molecule has 0 atom stereocenters. The number of benzene rings is 3. The Morgan fingerprint density at radius 2 is 1.16 bits per heavy atom. The Balaban J connectivity index is 1.63. The maximum absolute atomic E-state index is 12.8. The number of amides is 3. The highest BCUT2D eigenvalue weighted by atomic mass is 19.4. The highest BCUT2D eigenvalue weighted by molar-refractivity contribution is 6.05. The van der Waals surface area contributed by atoms with E-state index in [1.54, 1.807) is 36.4 Å². The number of hydrogen-bond donors (Lipinski definition) is 3. The number of carbonyl (C=O) groups excluding carboxylic acids is 3. The fraction of sp³-hybridized carbons (Fsp3) is 0.0455. The van der Waals surface area contributed by atoms with Crippen LogP contribution in [-0.4, -0.2) is 17.7 Å². The van der Waals surface area contributed by atoms with Gasteiger partial charge in [-0.05, 0) is 48.5 Å². The lowest BCUT2D eigenvalue weighted by Gasteiger charge is -2.11. The maximum Gasteiger partial charge on any atom is 0.416 e. The molecule has 0 saturated heterocycles. The van der Waals surface area contributed by atoms with Crippen LogP contribution in [0.25, 0.3) is 0 Å². The minimum Gasteiger partial charge on any atom is -0.322 e. The molecule has 0 aliphatic rings. The van der Waals surface area contributed by atoms with Gasteiger partial charge in [0.2, 0.25) is 0 Å². The zero-order valence-electron chi connectivity index (χ0n) is 15.9. The SMILES string of the molecule is O=C(NNC(=O)c1cccc(C(F)(F)F)c1)c1cccc(NC(=O)c2ccccc2)c1. The van der Waals surface area contributed by atoms with Gasteiger partial charge in [-0.2, -0.15) is 13.2 Å². The predicted octanol–water partition coefficient (Wildman–Crippen LogP) is 4.03. The van der Waals surface area contributed by atoms with Gasteiger partial charge >= 0.3 is 6.18 Å². The molecule has 3 aromatic rings. The largest absolute Gasteiger partial charge is 0.416 e. The molecular formula is C22H16F3N3O3. The summed E-state index contributed by atoms with van der Waals surface area (Å²) < 4.78 is 38.3. The van der Waals surface area contributed by atoms with E-state index in [4.69, 9.17) is 0 Å². The van der Waals surface area contributed by atoms with Crippen LogP contribution in [0, 0.1) is 0 Å². The Morgan fingerprint density at radius 1 is 0.613 bits per heavy atom. The molecule has 0 bridgehead atoms. The van der Waals surface area contributed by atoms with Crippen molar-refractivity contribution in [1.29, 1.82) is 0 Å². The molecule has 31 heavy (non-hydrogen) atoms. The van der Waals surface area contributed by atoms with E-state index in [2.05, 4.69) is 16.2 Å². The number of carbonyl (C=O) groups is 3. The molecule has 3 aromatic carbocycles. The van der Waals surface area contributed by atoms with Crippen LogP contribution in [0.15, 0.2) is 78.9 Å². The summed E-state index contributed by atoms with van der Waals surface area (Å²) in [5.41, 5.74) is 3.87. The summed E-state index contributed by atoms with van der Waals surface area (Å²) in [7, 11) is 0. The van der Waals surface area contributed by atoms with Gasteiger partial charge < -0.3 is 5.32 Å². The van der Waals surface area contributed by atoms with Gasteiger partial charge in [0.05, 0.1) is 5.56 Å². The van der Waals surface area contributed by atoms with Crippen LogP contribution in [0.3, 0.4) is 0 Å². The standard InChI is InChI=1S/C22H16F3N3O3/c23-22(24,25)17-10-4-8-15(12-17)20(30)27-28-21(31)16-9-5-11-18(13-16)26-19(29)14-6-2-1-3-7-14/h1-13H,(H,26,29)(H,27,30)(H,28,31). The Bertz CT molecular complexity index is 1120. The highest BCUT2D eigenvalue weighted by Gasteiger charge is 2.30. The van der Waals surface area contributed by atoms with Gasteiger partial charge in [-0.1, -0.05) is 30.3 Å². The number of alkyl halides is 3. The third-order valence-electron chi connectivity index (χ3n) is 4.16. The number of hydrazine groups is 1. The number of hydrogen-bond acceptors (Lipinski definition) is 3. The molecule has 0 aromatic heterocycles. The quantitative estimate of drug-likeness (QED) is 0.550. The Hall–Kier alpha value is -4.14. The first-order valence-corrected chi connectivity index (χ1v) is 8.98. The van der Waals surface area contributed by atoms with Crippen LogP contribution >= 0.6 is 0 Å². The topological polar surface area (TPSA) is 87.3 Å². The highest BCUT2D eigenvalue weighted by Crippen LogP contribution is 2.29. The van der Waals surface area contributed by atoms with E-state index in [0.717, 1.165) is 12.1 Å². The minimum atomic E-state index is -4.59. The van der Waals surface area contributed by atoms with E-state index in [0.29, 0.717) is 17.3 Å². The zero-order chi connectivity index (χ0) is 22.4. The average molecular weight is 427 g/mol. The van der Waals surface area contributed by atoms with Crippen molar-refractivity contribution in [3.8, 4) is 0 Å². The molecule has 0 fully saturated rings. The van der Waals surface area contributed by atoms with Gasteiger partial charge in [0.1, 0.15) is 0 Å². The summed E-state index contributed by atoms with van der Waals surface area (Å²) in [6.07, 6.45) is -4.59. The molecule has 0 radical (unpaired) electrons. The van der Waals surface area contributed by atoms with Gasteiger partial charge in [-0.3, -0.25) is 25.2 Å². The molecule has 3 rings (SSSR count). The summed E-state index contributed by atoms with van der Waals surface area (Å²) in [5.74, 6) is -1.99. The number of anilines is 1. The van der Waals surface area contributed by atoms with E-state index in [1.165, 1.54) is 24.3 Å². The molecular weight excluding hydrogens is 411 g/mol. The van der Waals surface area contributed by atoms with Gasteiger partial charge in [-0.15, -0.1) is 0 Å². The van der Waals surface area contributed by atoms with Gasteiger partial charge in [0.15, 0.2) is 0 Å². The van der Waals surface area contributed by atoms with E-state index in [-0.39, 0.29) is 17.0 Å². The minimum absolute atomic E-state index is 0.121. The van der Waals surface area contributed by atoms with Gasteiger partial charge in [0, 0.05) is 22.4 Å². The van der Waals surface area contributed by atoms with Gasteiger partial charge in [0.25, 0.3) is 17.7 Å². The summed E-state index contributed by atoms with van der Waals surface area (Å²) in [6.45, 7) is 0. The van der Waals surface area contributed by atoms with Crippen molar-refractivity contribution in [2.75, 3.05) is 5.32 Å². The fourth-order valence-electron chi connectivity index (χ4n) is 2.63.